The molecule has 1 unspecified atom stereocenters. The number of hydrogen-bond donors (Lipinski definition) is 3. The van der Waals surface area contributed by atoms with E-state index in [0.29, 0.717) is 12.6 Å². The number of aliphatic hydroxyl groups is 1. The highest BCUT2D eigenvalue weighted by molar-refractivity contribution is 7.90. The van der Waals surface area contributed by atoms with Crippen molar-refractivity contribution in [3.63, 3.8) is 0 Å². The molecule has 2 saturated heterocycles. The maximum absolute atomic E-state index is 11.9. The van der Waals surface area contributed by atoms with Crippen LogP contribution in [0.4, 0.5) is 0 Å². The number of nitrogens with zero attached hydrogens (tertiary/aromatic N) is 1. The molecule has 8 heteroatoms. The highest BCUT2D eigenvalue weighted by Gasteiger charge is 2.52. The molecule has 2 heterocycles. The number of fused-ring (bicyclic) bond motifs is 2. The van der Waals surface area contributed by atoms with Gasteiger partial charge in [-0.3, -0.25) is 9.69 Å². The predicted molar refractivity (Wildman–Crippen MR) is 79.2 cm³/mol. The molecule has 0 spiro atoms. The molecule has 0 aromatic carbocycles. The summed E-state index contributed by atoms with van der Waals surface area (Å²) >= 11 is 0. The molecule has 0 radical (unpaired) electrons. The Morgan fingerprint density at radius 1 is 1.48 bits per heavy atom. The van der Waals surface area contributed by atoms with Gasteiger partial charge in [-0.25, -0.2) is 8.42 Å². The van der Waals surface area contributed by atoms with Crippen LogP contribution in [0.3, 0.4) is 0 Å². The standard InChI is InChI=1S/C13H25N3O4S/c1-21(19,20)9-15-7-11(17)8-16-10-3-2-5-13(16,6-4-10)12(14)18/h10-11,15,17H,2-9H2,1H3,(H2,14,18)/t10?,11-,13+/m1/s1. The van der Waals surface area contributed by atoms with E-state index in [2.05, 4.69) is 5.32 Å². The lowest BCUT2D eigenvalue weighted by atomic mass is 9.87. The topological polar surface area (TPSA) is 113 Å². The van der Waals surface area contributed by atoms with Crippen LogP contribution in [0.25, 0.3) is 0 Å². The van der Waals surface area contributed by atoms with Gasteiger partial charge in [0.15, 0.2) is 9.84 Å². The van der Waals surface area contributed by atoms with Gasteiger partial charge in [-0.05, 0) is 32.1 Å². The summed E-state index contributed by atoms with van der Waals surface area (Å²) in [6.45, 7) is 0.537. The van der Waals surface area contributed by atoms with Crippen molar-refractivity contribution in [2.75, 3.05) is 25.2 Å². The van der Waals surface area contributed by atoms with Crippen molar-refractivity contribution in [1.82, 2.24) is 10.2 Å². The van der Waals surface area contributed by atoms with Crippen LogP contribution in [-0.4, -0.2) is 67.2 Å². The zero-order chi connectivity index (χ0) is 15.7. The highest BCUT2D eigenvalue weighted by atomic mass is 32.2. The zero-order valence-corrected chi connectivity index (χ0v) is 13.2. The summed E-state index contributed by atoms with van der Waals surface area (Å²) in [4.78, 5) is 13.9. The molecular weight excluding hydrogens is 294 g/mol. The van der Waals surface area contributed by atoms with Gasteiger partial charge in [0.2, 0.25) is 5.91 Å². The summed E-state index contributed by atoms with van der Waals surface area (Å²) in [5, 5.41) is 12.8. The smallest absolute Gasteiger partial charge is 0.237 e. The van der Waals surface area contributed by atoms with Gasteiger partial charge in [-0.2, -0.15) is 0 Å². The van der Waals surface area contributed by atoms with E-state index >= 15 is 0 Å². The number of carbonyl (C=O) groups is 1. The number of hydrogen-bond acceptors (Lipinski definition) is 6. The summed E-state index contributed by atoms with van der Waals surface area (Å²) in [6.07, 6.45) is 4.89. The first-order chi connectivity index (χ1) is 9.74. The number of carbonyl (C=O) groups excluding carboxylic acids is 1. The fourth-order valence-electron chi connectivity index (χ4n) is 3.67. The van der Waals surface area contributed by atoms with Crippen LogP contribution in [0.1, 0.15) is 32.1 Å². The summed E-state index contributed by atoms with van der Waals surface area (Å²) < 4.78 is 22.1. The molecule has 1 amide bonds. The van der Waals surface area contributed by atoms with E-state index in [4.69, 9.17) is 5.73 Å². The average Bonchev–Trinajstić information content (AvgIpc) is 2.57. The van der Waals surface area contributed by atoms with Gasteiger partial charge in [0, 0.05) is 25.4 Å². The third-order valence-corrected chi connectivity index (χ3v) is 5.35. The van der Waals surface area contributed by atoms with Crippen molar-refractivity contribution < 1.29 is 18.3 Å². The van der Waals surface area contributed by atoms with E-state index in [9.17, 15) is 18.3 Å². The molecule has 2 bridgehead atoms. The Labute approximate surface area is 125 Å². The molecule has 2 rings (SSSR count). The van der Waals surface area contributed by atoms with Crippen LogP contribution in [0.2, 0.25) is 0 Å². The third-order valence-electron chi connectivity index (χ3n) is 4.62. The van der Waals surface area contributed by atoms with E-state index in [-0.39, 0.29) is 18.3 Å². The molecule has 21 heavy (non-hydrogen) atoms. The first-order valence-electron chi connectivity index (χ1n) is 7.38. The van der Waals surface area contributed by atoms with Crippen LogP contribution < -0.4 is 11.1 Å². The largest absolute Gasteiger partial charge is 0.390 e. The summed E-state index contributed by atoms with van der Waals surface area (Å²) in [7, 11) is -3.10. The molecule has 2 aliphatic rings. The molecule has 2 fully saturated rings. The predicted octanol–water partition coefficient (Wildman–Crippen LogP) is -1.19. The summed E-state index contributed by atoms with van der Waals surface area (Å²) in [5.74, 6) is -0.463. The van der Waals surface area contributed by atoms with E-state index in [1.165, 1.54) is 0 Å². The van der Waals surface area contributed by atoms with Crippen molar-refractivity contribution in [3.05, 3.63) is 0 Å². The van der Waals surface area contributed by atoms with E-state index in [1.807, 2.05) is 4.90 Å². The molecule has 0 aliphatic carbocycles. The Hall–Kier alpha value is -0.700. The lowest BCUT2D eigenvalue weighted by Gasteiger charge is -2.43. The van der Waals surface area contributed by atoms with Gasteiger partial charge >= 0.3 is 0 Å². The second-order valence-electron chi connectivity index (χ2n) is 6.31. The van der Waals surface area contributed by atoms with Crippen molar-refractivity contribution in [2.24, 2.45) is 5.73 Å². The second-order valence-corrected chi connectivity index (χ2v) is 8.45. The Bertz CT molecular complexity index is 492. The van der Waals surface area contributed by atoms with Crippen LogP contribution in [0, 0.1) is 0 Å². The molecule has 0 saturated carbocycles. The van der Waals surface area contributed by atoms with Gasteiger partial charge in [0.05, 0.1) is 12.0 Å². The number of nitrogens with one attached hydrogen (secondary N) is 1. The SMILES string of the molecule is CS(=O)(=O)CNC[C@@H](O)CN1C2CCC[C@@]1(C(N)=O)CC2. The molecule has 122 valence electrons. The van der Waals surface area contributed by atoms with Crippen LogP contribution >= 0.6 is 0 Å². The maximum atomic E-state index is 11.9. The molecule has 4 N–H and O–H groups in total. The van der Waals surface area contributed by atoms with Crippen LogP contribution in [0.5, 0.6) is 0 Å². The minimum absolute atomic E-state index is 0.158. The Kier molecular flexibility index (Phi) is 4.92. The summed E-state index contributed by atoms with van der Waals surface area (Å²) in [5.41, 5.74) is 5.00. The monoisotopic (exact) mass is 319 g/mol. The van der Waals surface area contributed by atoms with Crippen molar-refractivity contribution in [1.29, 1.82) is 0 Å². The first-order valence-corrected chi connectivity index (χ1v) is 9.44. The normalized spacial score (nSPS) is 31.2. The number of aliphatic hydroxyl groups excluding tert-OH is 1. The number of amides is 1. The maximum Gasteiger partial charge on any atom is 0.237 e. The van der Waals surface area contributed by atoms with Crippen LogP contribution in [0.15, 0.2) is 0 Å². The van der Waals surface area contributed by atoms with Gasteiger partial charge in [-0.15, -0.1) is 0 Å². The number of β-amino-alcohol motifs (C(OH)–C–C–N with tert-alkyl or cyclic N) is 1. The molecule has 0 aromatic rings. The fraction of sp³-hybridized carbons (Fsp3) is 0.923. The van der Waals surface area contributed by atoms with Gasteiger partial charge in [0.1, 0.15) is 5.54 Å². The van der Waals surface area contributed by atoms with E-state index in [0.717, 1.165) is 38.4 Å². The first kappa shape index (κ1) is 16.7. The fourth-order valence-corrected chi connectivity index (χ4v) is 4.16. The summed E-state index contributed by atoms with van der Waals surface area (Å²) in [6, 6.07) is 0.302. The molecule has 0 aromatic heterocycles. The Morgan fingerprint density at radius 2 is 2.19 bits per heavy atom. The highest BCUT2D eigenvalue weighted by Crippen LogP contribution is 2.43. The Balaban J connectivity index is 1.93. The number of nitrogens with two attached hydrogens (primary N) is 1. The number of rotatable bonds is 7. The molecule has 7 nitrogen and oxygen atoms in total. The third kappa shape index (κ3) is 3.74. The minimum Gasteiger partial charge on any atom is -0.390 e. The number of primary amides is 1. The van der Waals surface area contributed by atoms with Crippen molar-refractivity contribution >= 4 is 15.7 Å². The van der Waals surface area contributed by atoms with E-state index in [1.54, 1.807) is 0 Å². The molecule has 3 atom stereocenters. The Morgan fingerprint density at radius 3 is 2.81 bits per heavy atom. The number of sulfone groups is 1. The zero-order valence-electron chi connectivity index (χ0n) is 12.4. The quantitative estimate of drug-likeness (QED) is 0.544. The second kappa shape index (κ2) is 6.20. The lowest BCUT2D eigenvalue weighted by Crippen LogP contribution is -2.60. The lowest BCUT2D eigenvalue weighted by molar-refractivity contribution is -0.132. The van der Waals surface area contributed by atoms with Crippen molar-refractivity contribution in [3.8, 4) is 0 Å². The number of piperidine rings is 1. The minimum atomic E-state index is -3.10. The van der Waals surface area contributed by atoms with E-state index < -0.39 is 21.5 Å². The molecule has 2 aliphatic heterocycles. The molecular formula is C13H25N3O4S. The van der Waals surface area contributed by atoms with Gasteiger partial charge in [0.25, 0.3) is 0 Å². The van der Waals surface area contributed by atoms with Crippen LogP contribution in [-0.2, 0) is 14.6 Å². The average molecular weight is 319 g/mol. The van der Waals surface area contributed by atoms with Gasteiger partial charge < -0.3 is 16.2 Å². The van der Waals surface area contributed by atoms with Crippen molar-refractivity contribution in [2.45, 2.75) is 49.8 Å². The van der Waals surface area contributed by atoms with Gasteiger partial charge in [-0.1, -0.05) is 0 Å².